The van der Waals surface area contributed by atoms with Crippen molar-refractivity contribution in [3.05, 3.63) is 29.7 Å². The van der Waals surface area contributed by atoms with Crippen molar-refractivity contribution in [1.29, 1.82) is 0 Å². The lowest BCUT2D eigenvalue weighted by Gasteiger charge is -2.18. The zero-order chi connectivity index (χ0) is 13.9. The Morgan fingerprint density at radius 3 is 2.65 bits per heavy atom. The summed E-state index contributed by atoms with van der Waals surface area (Å²) in [5.74, 6) is -0.158. The normalized spacial score (nSPS) is 17.2. The summed E-state index contributed by atoms with van der Waals surface area (Å²) in [6.45, 7) is 2.88. The van der Waals surface area contributed by atoms with Gasteiger partial charge in [0.15, 0.2) is 11.5 Å². The lowest BCUT2D eigenvalue weighted by atomic mass is 10.2. The third kappa shape index (κ3) is 2.51. The van der Waals surface area contributed by atoms with Crippen molar-refractivity contribution < 1.29 is 9.90 Å². The molecular weight excluding hydrogens is 256 g/mol. The van der Waals surface area contributed by atoms with E-state index in [-0.39, 0.29) is 5.56 Å². The zero-order valence-electron chi connectivity index (χ0n) is 11.3. The molecule has 0 radical (unpaired) electrons. The quantitative estimate of drug-likeness (QED) is 0.924. The summed E-state index contributed by atoms with van der Waals surface area (Å²) in [6, 6.07) is 3.29. The van der Waals surface area contributed by atoms with Gasteiger partial charge in [-0.05, 0) is 38.1 Å². The number of fused-ring (bicyclic) bond motifs is 1. The number of hydrogen-bond donors (Lipinski definition) is 1. The fraction of sp³-hybridized carbons (Fsp3) is 0.500. The first-order valence-electron chi connectivity index (χ1n) is 7.04. The van der Waals surface area contributed by atoms with Crippen LogP contribution in [0.5, 0.6) is 0 Å². The van der Waals surface area contributed by atoms with E-state index in [1.165, 1.54) is 25.7 Å². The number of carboxylic acid groups (broad SMARTS) is 1. The molecule has 3 heterocycles. The number of pyridine rings is 1. The van der Waals surface area contributed by atoms with Crippen LogP contribution in [0.15, 0.2) is 18.3 Å². The highest BCUT2D eigenvalue weighted by atomic mass is 16.4. The predicted molar refractivity (Wildman–Crippen MR) is 73.7 cm³/mol. The van der Waals surface area contributed by atoms with Crippen LogP contribution in [0.1, 0.15) is 41.9 Å². The molecule has 0 atom stereocenters. The molecule has 0 aliphatic carbocycles. The summed E-state index contributed by atoms with van der Waals surface area (Å²) in [5, 5.41) is 17.4. The van der Waals surface area contributed by atoms with E-state index in [4.69, 9.17) is 5.11 Å². The number of carboxylic acids is 1. The van der Waals surface area contributed by atoms with Gasteiger partial charge in [0.05, 0.1) is 6.54 Å². The third-order valence-corrected chi connectivity index (χ3v) is 3.80. The Labute approximate surface area is 117 Å². The second-order valence-corrected chi connectivity index (χ2v) is 5.23. The molecule has 0 unspecified atom stereocenters. The molecule has 1 N–H and O–H groups in total. The fourth-order valence-corrected chi connectivity index (χ4v) is 2.73. The summed E-state index contributed by atoms with van der Waals surface area (Å²) in [5.41, 5.74) is 0.618. The second-order valence-electron chi connectivity index (χ2n) is 5.23. The summed E-state index contributed by atoms with van der Waals surface area (Å²) in [4.78, 5) is 13.5. The Morgan fingerprint density at radius 2 is 1.95 bits per heavy atom. The van der Waals surface area contributed by atoms with E-state index >= 15 is 0 Å². The summed E-state index contributed by atoms with van der Waals surface area (Å²) < 4.78 is 1.79. The van der Waals surface area contributed by atoms with Gasteiger partial charge >= 0.3 is 5.97 Å². The number of likely N-dealkylation sites (tertiary alicyclic amines) is 1. The molecule has 1 fully saturated rings. The first-order valence-corrected chi connectivity index (χ1v) is 7.04. The Balaban J connectivity index is 1.88. The second kappa shape index (κ2) is 5.58. The first kappa shape index (κ1) is 13.1. The smallest absolute Gasteiger partial charge is 0.339 e. The molecule has 0 saturated carbocycles. The number of aromatic nitrogens is 3. The van der Waals surface area contributed by atoms with Gasteiger partial charge in [0.1, 0.15) is 5.56 Å². The molecule has 6 heteroatoms. The van der Waals surface area contributed by atoms with Crippen molar-refractivity contribution in [3.8, 4) is 0 Å². The maximum Gasteiger partial charge on any atom is 0.339 e. The minimum absolute atomic E-state index is 0.196. The van der Waals surface area contributed by atoms with Gasteiger partial charge in [0.2, 0.25) is 0 Å². The topological polar surface area (TPSA) is 70.7 Å². The predicted octanol–water partition coefficient (Wildman–Crippen LogP) is 1.80. The molecule has 2 aromatic rings. The van der Waals surface area contributed by atoms with E-state index in [2.05, 4.69) is 15.1 Å². The van der Waals surface area contributed by atoms with Crippen molar-refractivity contribution in [2.24, 2.45) is 0 Å². The minimum atomic E-state index is -0.968. The van der Waals surface area contributed by atoms with Gasteiger partial charge < -0.3 is 5.11 Å². The van der Waals surface area contributed by atoms with Crippen LogP contribution in [0.4, 0.5) is 0 Å². The molecule has 3 rings (SSSR count). The molecule has 1 saturated heterocycles. The monoisotopic (exact) mass is 274 g/mol. The number of hydrogen-bond acceptors (Lipinski definition) is 4. The summed E-state index contributed by atoms with van der Waals surface area (Å²) in [6.07, 6.45) is 6.85. The van der Waals surface area contributed by atoms with Crippen LogP contribution in [0.25, 0.3) is 5.65 Å². The van der Waals surface area contributed by atoms with E-state index in [0.717, 1.165) is 25.5 Å². The average molecular weight is 274 g/mol. The van der Waals surface area contributed by atoms with E-state index < -0.39 is 5.97 Å². The van der Waals surface area contributed by atoms with Gasteiger partial charge in [-0.1, -0.05) is 12.8 Å². The van der Waals surface area contributed by atoms with Crippen LogP contribution in [0, 0.1) is 0 Å². The fourth-order valence-electron chi connectivity index (χ4n) is 2.73. The molecule has 0 spiro atoms. The van der Waals surface area contributed by atoms with Crippen LogP contribution in [0.2, 0.25) is 0 Å². The molecule has 0 amide bonds. The Bertz CT molecular complexity index is 615. The Kier molecular flexibility index (Phi) is 3.64. The van der Waals surface area contributed by atoms with E-state index in [1.807, 2.05) is 6.20 Å². The average Bonchev–Trinajstić information content (AvgIpc) is 2.68. The SMILES string of the molecule is O=C(O)c1cccn2c(CN3CCCCCC3)nnc12. The Morgan fingerprint density at radius 1 is 1.20 bits per heavy atom. The number of carbonyl (C=O) groups is 1. The van der Waals surface area contributed by atoms with Crippen molar-refractivity contribution in [2.45, 2.75) is 32.2 Å². The molecule has 2 aromatic heterocycles. The van der Waals surface area contributed by atoms with Gasteiger partial charge in [0, 0.05) is 6.20 Å². The highest BCUT2D eigenvalue weighted by Gasteiger charge is 2.16. The van der Waals surface area contributed by atoms with Crippen molar-refractivity contribution in [1.82, 2.24) is 19.5 Å². The van der Waals surface area contributed by atoms with Gasteiger partial charge in [-0.25, -0.2) is 4.79 Å². The first-order chi connectivity index (χ1) is 9.75. The highest BCUT2D eigenvalue weighted by Crippen LogP contribution is 2.15. The van der Waals surface area contributed by atoms with Crippen LogP contribution < -0.4 is 0 Å². The Hall–Kier alpha value is -1.95. The van der Waals surface area contributed by atoms with Gasteiger partial charge in [-0.3, -0.25) is 9.30 Å². The van der Waals surface area contributed by atoms with Crippen molar-refractivity contribution in [2.75, 3.05) is 13.1 Å². The maximum atomic E-state index is 11.2. The third-order valence-electron chi connectivity index (χ3n) is 3.80. The molecule has 1 aliphatic heterocycles. The summed E-state index contributed by atoms with van der Waals surface area (Å²) >= 11 is 0. The van der Waals surface area contributed by atoms with E-state index in [0.29, 0.717) is 5.65 Å². The molecule has 20 heavy (non-hydrogen) atoms. The minimum Gasteiger partial charge on any atom is -0.478 e. The number of nitrogens with zero attached hydrogens (tertiary/aromatic N) is 4. The lowest BCUT2D eigenvalue weighted by molar-refractivity contribution is 0.0698. The maximum absolute atomic E-state index is 11.2. The van der Waals surface area contributed by atoms with E-state index in [1.54, 1.807) is 16.5 Å². The van der Waals surface area contributed by atoms with E-state index in [9.17, 15) is 4.79 Å². The molecule has 0 bridgehead atoms. The van der Waals surface area contributed by atoms with Crippen LogP contribution in [-0.2, 0) is 6.54 Å². The lowest BCUT2D eigenvalue weighted by Crippen LogP contribution is -2.25. The van der Waals surface area contributed by atoms with Crippen LogP contribution in [0.3, 0.4) is 0 Å². The number of rotatable bonds is 3. The number of aromatic carboxylic acids is 1. The van der Waals surface area contributed by atoms with Gasteiger partial charge in [0.25, 0.3) is 0 Å². The van der Waals surface area contributed by atoms with Crippen molar-refractivity contribution in [3.63, 3.8) is 0 Å². The standard InChI is InChI=1S/C14H18N4O2/c19-14(20)11-6-5-9-18-12(15-16-13(11)18)10-17-7-3-1-2-4-8-17/h5-6,9H,1-4,7-8,10H2,(H,19,20). The highest BCUT2D eigenvalue weighted by molar-refractivity contribution is 5.94. The molecular formula is C14H18N4O2. The molecule has 6 nitrogen and oxygen atoms in total. The molecule has 1 aliphatic rings. The van der Waals surface area contributed by atoms with Gasteiger partial charge in [-0.15, -0.1) is 10.2 Å². The van der Waals surface area contributed by atoms with Crippen LogP contribution >= 0.6 is 0 Å². The van der Waals surface area contributed by atoms with Gasteiger partial charge in [-0.2, -0.15) is 0 Å². The van der Waals surface area contributed by atoms with Crippen LogP contribution in [-0.4, -0.2) is 43.7 Å². The largest absolute Gasteiger partial charge is 0.478 e. The molecule has 0 aromatic carbocycles. The molecule has 106 valence electrons. The van der Waals surface area contributed by atoms with Crippen molar-refractivity contribution >= 4 is 11.6 Å². The zero-order valence-corrected chi connectivity index (χ0v) is 11.3. The summed E-state index contributed by atoms with van der Waals surface area (Å²) in [7, 11) is 0.